The summed E-state index contributed by atoms with van der Waals surface area (Å²) in [4.78, 5) is 23.8. The van der Waals surface area contributed by atoms with Gasteiger partial charge in [0.1, 0.15) is 11.1 Å². The third-order valence-electron chi connectivity index (χ3n) is 5.57. The molecule has 1 atom stereocenters. The summed E-state index contributed by atoms with van der Waals surface area (Å²) in [6.45, 7) is 6.65. The van der Waals surface area contributed by atoms with Crippen LogP contribution >= 0.6 is 11.8 Å². The fourth-order valence-corrected chi connectivity index (χ4v) is 4.67. The van der Waals surface area contributed by atoms with Crippen molar-refractivity contribution in [2.45, 2.75) is 57.5 Å². The van der Waals surface area contributed by atoms with E-state index in [9.17, 15) is 10.1 Å². The van der Waals surface area contributed by atoms with Gasteiger partial charge in [0.25, 0.3) is 0 Å². The molecule has 0 spiro atoms. The average molecular weight is 395 g/mol. The molecule has 1 fully saturated rings. The first-order valence-electron chi connectivity index (χ1n) is 9.73. The zero-order chi connectivity index (χ0) is 20.1. The van der Waals surface area contributed by atoms with E-state index in [1.165, 1.54) is 11.8 Å². The average Bonchev–Trinajstić information content (AvgIpc) is 2.97. The third-order valence-corrected chi connectivity index (χ3v) is 6.53. The summed E-state index contributed by atoms with van der Waals surface area (Å²) < 4.78 is 0. The number of nitrogens with zero attached hydrogens (tertiary/aromatic N) is 4. The number of carbonyl (C=O) groups excluding carboxylic acids is 1. The number of hydrogen-bond donors (Lipinski definition) is 0. The van der Waals surface area contributed by atoms with Crippen molar-refractivity contribution in [2.24, 2.45) is 0 Å². The van der Waals surface area contributed by atoms with Crippen molar-refractivity contribution < 1.29 is 4.79 Å². The molecule has 1 saturated heterocycles. The number of aryl methyl sites for hydroxylation is 1. The number of likely N-dealkylation sites (tertiary alicyclic amines) is 1. The SMILES string of the molecule is Cc1nc(SCC(=O)N2CCCCCC2c2ccncc2)c(C#N)c(C)c1C. The molecule has 1 aliphatic heterocycles. The van der Waals surface area contributed by atoms with Crippen molar-refractivity contribution in [1.29, 1.82) is 5.26 Å². The van der Waals surface area contributed by atoms with Crippen LogP contribution in [0.5, 0.6) is 0 Å². The molecule has 2 aromatic rings. The molecule has 0 N–H and O–H groups in total. The normalized spacial score (nSPS) is 17.1. The Hall–Kier alpha value is -2.39. The Labute approximate surface area is 171 Å². The molecule has 5 nitrogen and oxygen atoms in total. The Morgan fingerprint density at radius 2 is 1.96 bits per heavy atom. The minimum Gasteiger partial charge on any atom is -0.335 e. The molecule has 1 unspecified atom stereocenters. The fraction of sp³-hybridized carbons (Fsp3) is 0.455. The first-order valence-corrected chi connectivity index (χ1v) is 10.7. The van der Waals surface area contributed by atoms with Gasteiger partial charge in [0, 0.05) is 24.6 Å². The minimum atomic E-state index is 0.100. The van der Waals surface area contributed by atoms with Gasteiger partial charge in [-0.05, 0) is 62.4 Å². The predicted molar refractivity (Wildman–Crippen MR) is 111 cm³/mol. The molecule has 28 heavy (non-hydrogen) atoms. The van der Waals surface area contributed by atoms with E-state index in [0.29, 0.717) is 16.3 Å². The highest BCUT2D eigenvalue weighted by atomic mass is 32.2. The van der Waals surface area contributed by atoms with Crippen molar-refractivity contribution in [3.8, 4) is 6.07 Å². The zero-order valence-electron chi connectivity index (χ0n) is 16.7. The van der Waals surface area contributed by atoms with Crippen LogP contribution in [0.2, 0.25) is 0 Å². The van der Waals surface area contributed by atoms with E-state index in [0.717, 1.165) is 54.6 Å². The molecule has 0 aromatic carbocycles. The molecular weight excluding hydrogens is 368 g/mol. The first kappa shape index (κ1) is 20.3. The van der Waals surface area contributed by atoms with E-state index in [1.54, 1.807) is 12.4 Å². The number of thioether (sulfide) groups is 1. The smallest absolute Gasteiger partial charge is 0.233 e. The number of pyridine rings is 2. The van der Waals surface area contributed by atoms with Gasteiger partial charge in [-0.1, -0.05) is 24.6 Å². The largest absolute Gasteiger partial charge is 0.335 e. The number of aromatic nitrogens is 2. The second kappa shape index (κ2) is 9.20. The lowest BCUT2D eigenvalue weighted by atomic mass is 10.0. The lowest BCUT2D eigenvalue weighted by Crippen LogP contribution is -2.36. The molecule has 0 bridgehead atoms. The number of carbonyl (C=O) groups is 1. The van der Waals surface area contributed by atoms with E-state index in [2.05, 4.69) is 16.0 Å². The van der Waals surface area contributed by atoms with Crippen LogP contribution in [-0.2, 0) is 4.79 Å². The number of amides is 1. The standard InChI is InChI=1S/C22H26N4OS/c1-15-16(2)19(13-23)22(25-17(15)3)28-14-21(27)26-12-6-4-5-7-20(26)18-8-10-24-11-9-18/h8-11,20H,4-7,12,14H2,1-3H3. The Bertz CT molecular complexity index is 892. The van der Waals surface area contributed by atoms with Crippen LogP contribution in [-0.4, -0.2) is 33.1 Å². The monoisotopic (exact) mass is 394 g/mol. The van der Waals surface area contributed by atoms with Crippen LogP contribution in [0.25, 0.3) is 0 Å². The van der Waals surface area contributed by atoms with Gasteiger partial charge in [-0.3, -0.25) is 9.78 Å². The van der Waals surface area contributed by atoms with Gasteiger partial charge in [-0.2, -0.15) is 5.26 Å². The summed E-state index contributed by atoms with van der Waals surface area (Å²) in [6.07, 6.45) is 7.86. The van der Waals surface area contributed by atoms with Crippen LogP contribution < -0.4 is 0 Å². The molecule has 3 heterocycles. The van der Waals surface area contributed by atoms with Crippen LogP contribution in [0.1, 0.15) is 59.7 Å². The molecule has 0 saturated carbocycles. The maximum Gasteiger partial charge on any atom is 0.233 e. The molecule has 0 radical (unpaired) electrons. The summed E-state index contributed by atoms with van der Waals surface area (Å²) in [5.41, 5.74) is 4.64. The van der Waals surface area contributed by atoms with Crippen molar-refractivity contribution in [2.75, 3.05) is 12.3 Å². The fourth-order valence-electron chi connectivity index (χ4n) is 3.70. The van der Waals surface area contributed by atoms with E-state index in [1.807, 2.05) is 37.8 Å². The maximum absolute atomic E-state index is 13.1. The Kier molecular flexibility index (Phi) is 6.69. The Morgan fingerprint density at radius 1 is 1.21 bits per heavy atom. The van der Waals surface area contributed by atoms with E-state index < -0.39 is 0 Å². The van der Waals surface area contributed by atoms with Crippen molar-refractivity contribution in [3.63, 3.8) is 0 Å². The lowest BCUT2D eigenvalue weighted by Gasteiger charge is -2.30. The van der Waals surface area contributed by atoms with Crippen LogP contribution in [0.4, 0.5) is 0 Å². The minimum absolute atomic E-state index is 0.100. The highest BCUT2D eigenvalue weighted by Crippen LogP contribution is 2.32. The highest BCUT2D eigenvalue weighted by molar-refractivity contribution is 8.00. The molecule has 146 valence electrons. The van der Waals surface area contributed by atoms with Crippen molar-refractivity contribution >= 4 is 17.7 Å². The van der Waals surface area contributed by atoms with E-state index in [-0.39, 0.29) is 11.9 Å². The predicted octanol–water partition coefficient (Wildman–Crippen LogP) is 4.51. The van der Waals surface area contributed by atoms with E-state index in [4.69, 9.17) is 0 Å². The summed E-state index contributed by atoms with van der Waals surface area (Å²) >= 11 is 1.38. The van der Waals surface area contributed by atoms with Gasteiger partial charge in [0.15, 0.2) is 0 Å². The number of rotatable bonds is 4. The van der Waals surface area contributed by atoms with Gasteiger partial charge in [-0.15, -0.1) is 0 Å². The van der Waals surface area contributed by atoms with Gasteiger partial charge < -0.3 is 4.90 Å². The van der Waals surface area contributed by atoms with Crippen molar-refractivity contribution in [3.05, 3.63) is 52.5 Å². The van der Waals surface area contributed by atoms with Crippen LogP contribution in [0.15, 0.2) is 29.6 Å². The van der Waals surface area contributed by atoms with Gasteiger partial charge in [0.05, 0.1) is 17.4 Å². The summed E-state index contributed by atoms with van der Waals surface area (Å²) in [7, 11) is 0. The quantitative estimate of drug-likeness (QED) is 0.714. The second-order valence-electron chi connectivity index (χ2n) is 7.26. The molecule has 3 rings (SSSR count). The molecular formula is C22H26N4OS. The van der Waals surface area contributed by atoms with E-state index >= 15 is 0 Å². The lowest BCUT2D eigenvalue weighted by molar-refractivity contribution is -0.130. The highest BCUT2D eigenvalue weighted by Gasteiger charge is 2.27. The Balaban J connectivity index is 1.79. The first-order chi connectivity index (χ1) is 13.5. The molecule has 2 aromatic heterocycles. The second-order valence-corrected chi connectivity index (χ2v) is 8.22. The summed E-state index contributed by atoms with van der Waals surface area (Å²) in [5, 5.41) is 10.2. The van der Waals surface area contributed by atoms with Crippen molar-refractivity contribution in [1.82, 2.24) is 14.9 Å². The number of nitriles is 1. The summed E-state index contributed by atoms with van der Waals surface area (Å²) in [6, 6.07) is 6.38. The molecule has 1 amide bonds. The maximum atomic E-state index is 13.1. The summed E-state index contributed by atoms with van der Waals surface area (Å²) in [5.74, 6) is 0.404. The third kappa shape index (κ3) is 4.36. The topological polar surface area (TPSA) is 69.9 Å². The van der Waals surface area contributed by atoms with Crippen LogP contribution in [0, 0.1) is 32.1 Å². The molecule has 1 aliphatic rings. The van der Waals surface area contributed by atoms with Gasteiger partial charge in [-0.25, -0.2) is 4.98 Å². The number of hydrogen-bond acceptors (Lipinski definition) is 5. The zero-order valence-corrected chi connectivity index (χ0v) is 17.6. The molecule has 0 aliphatic carbocycles. The van der Waals surface area contributed by atoms with Crippen LogP contribution in [0.3, 0.4) is 0 Å². The van der Waals surface area contributed by atoms with Gasteiger partial charge in [0.2, 0.25) is 5.91 Å². The molecule has 6 heteroatoms. The Morgan fingerprint density at radius 3 is 2.68 bits per heavy atom. The van der Waals surface area contributed by atoms with Gasteiger partial charge >= 0.3 is 0 Å².